The van der Waals surface area contributed by atoms with Crippen molar-refractivity contribution in [3.63, 3.8) is 0 Å². The molecule has 1 saturated heterocycles. The average Bonchev–Trinajstić information content (AvgIpc) is 3.02. The fourth-order valence-corrected chi connectivity index (χ4v) is 3.09. The Bertz CT molecular complexity index is 661. The Kier molecular flexibility index (Phi) is 5.83. The molecule has 3 rings (SSSR count). The molecular formula is C19H21ClN2O2. The molecule has 24 heavy (non-hydrogen) atoms. The van der Waals surface area contributed by atoms with E-state index in [1.54, 1.807) is 12.4 Å². The minimum atomic E-state index is 0.0696. The van der Waals surface area contributed by atoms with Crippen LogP contribution in [-0.4, -0.2) is 30.1 Å². The van der Waals surface area contributed by atoms with Gasteiger partial charge in [-0.1, -0.05) is 23.7 Å². The number of hydrogen-bond acceptors (Lipinski definition) is 3. The van der Waals surface area contributed by atoms with Crippen molar-refractivity contribution in [3.8, 4) is 0 Å². The quantitative estimate of drug-likeness (QED) is 0.876. The maximum Gasteiger partial charge on any atom is 0.220 e. The molecule has 0 bridgehead atoms. The molecule has 1 aliphatic heterocycles. The van der Waals surface area contributed by atoms with Gasteiger partial charge in [0.2, 0.25) is 5.91 Å². The van der Waals surface area contributed by atoms with Crippen LogP contribution >= 0.6 is 11.6 Å². The number of rotatable bonds is 6. The maximum atomic E-state index is 12.2. The molecule has 2 atom stereocenters. The van der Waals surface area contributed by atoms with Crippen LogP contribution in [0.1, 0.15) is 17.5 Å². The molecule has 0 radical (unpaired) electrons. The number of amides is 1. The van der Waals surface area contributed by atoms with E-state index in [1.807, 2.05) is 36.4 Å². The first kappa shape index (κ1) is 16.9. The molecule has 1 aromatic heterocycles. The van der Waals surface area contributed by atoms with E-state index in [0.717, 1.165) is 12.0 Å². The number of nitrogens with zero attached hydrogens (tertiary/aromatic N) is 1. The topological polar surface area (TPSA) is 51.2 Å². The van der Waals surface area contributed by atoms with Gasteiger partial charge in [0.1, 0.15) is 0 Å². The molecule has 2 heterocycles. The molecule has 1 aromatic carbocycles. The highest BCUT2D eigenvalue weighted by Crippen LogP contribution is 2.19. The number of nitrogens with one attached hydrogen (secondary N) is 1. The standard InChI is InChI=1S/C19H21ClN2O2/c20-17-4-1-14(2-5-17)3-6-19(23)22-18-13-24-12-16(18)11-15-7-9-21-10-8-15/h1-2,4-5,7-10,16,18H,3,6,11-13H2,(H,22,23)/t16-,18-/m1/s1. The Labute approximate surface area is 147 Å². The van der Waals surface area contributed by atoms with Crippen LogP contribution in [0.4, 0.5) is 0 Å². The molecular weight excluding hydrogens is 324 g/mol. The number of halogens is 1. The van der Waals surface area contributed by atoms with E-state index in [9.17, 15) is 4.79 Å². The highest BCUT2D eigenvalue weighted by molar-refractivity contribution is 6.30. The van der Waals surface area contributed by atoms with E-state index in [1.165, 1.54) is 5.56 Å². The van der Waals surface area contributed by atoms with Crippen LogP contribution in [-0.2, 0) is 22.4 Å². The van der Waals surface area contributed by atoms with Gasteiger partial charge >= 0.3 is 0 Å². The maximum absolute atomic E-state index is 12.2. The van der Waals surface area contributed by atoms with E-state index >= 15 is 0 Å². The number of pyridine rings is 1. The first-order chi connectivity index (χ1) is 11.7. The summed E-state index contributed by atoms with van der Waals surface area (Å²) in [4.78, 5) is 16.3. The third-order valence-corrected chi connectivity index (χ3v) is 4.60. The summed E-state index contributed by atoms with van der Waals surface area (Å²) in [5, 5.41) is 3.84. The second-order valence-electron chi connectivity index (χ2n) is 6.16. The molecule has 0 aliphatic carbocycles. The van der Waals surface area contributed by atoms with Crippen LogP contribution < -0.4 is 5.32 Å². The Morgan fingerprint density at radius 2 is 1.88 bits per heavy atom. The van der Waals surface area contributed by atoms with Crippen molar-refractivity contribution in [2.24, 2.45) is 5.92 Å². The molecule has 1 aliphatic rings. The Morgan fingerprint density at radius 1 is 1.12 bits per heavy atom. The summed E-state index contributed by atoms with van der Waals surface area (Å²) in [6, 6.07) is 11.7. The number of benzene rings is 1. The minimum Gasteiger partial charge on any atom is -0.379 e. The van der Waals surface area contributed by atoms with Crippen molar-refractivity contribution in [2.75, 3.05) is 13.2 Å². The van der Waals surface area contributed by atoms with E-state index in [4.69, 9.17) is 16.3 Å². The number of carbonyl (C=O) groups is 1. The van der Waals surface area contributed by atoms with Crippen LogP contribution in [0.2, 0.25) is 5.02 Å². The summed E-state index contributed by atoms with van der Waals surface area (Å²) in [7, 11) is 0. The van der Waals surface area contributed by atoms with Crippen LogP contribution in [0.3, 0.4) is 0 Å². The Balaban J connectivity index is 1.48. The molecule has 2 aromatic rings. The zero-order valence-electron chi connectivity index (χ0n) is 13.5. The lowest BCUT2D eigenvalue weighted by Gasteiger charge is -2.19. The molecule has 1 N–H and O–H groups in total. The van der Waals surface area contributed by atoms with Gasteiger partial charge in [0, 0.05) is 29.8 Å². The molecule has 1 fully saturated rings. The third-order valence-electron chi connectivity index (χ3n) is 4.35. The van der Waals surface area contributed by atoms with E-state index < -0.39 is 0 Å². The summed E-state index contributed by atoms with van der Waals surface area (Å²) in [6.07, 6.45) is 5.67. The minimum absolute atomic E-state index is 0.0696. The summed E-state index contributed by atoms with van der Waals surface area (Å²) >= 11 is 5.87. The molecule has 0 spiro atoms. The van der Waals surface area contributed by atoms with Crippen molar-refractivity contribution in [2.45, 2.75) is 25.3 Å². The van der Waals surface area contributed by atoms with Crippen molar-refractivity contribution >= 4 is 17.5 Å². The third kappa shape index (κ3) is 4.79. The lowest BCUT2D eigenvalue weighted by molar-refractivity contribution is -0.122. The van der Waals surface area contributed by atoms with Gasteiger partial charge in [-0.25, -0.2) is 0 Å². The van der Waals surface area contributed by atoms with Gasteiger partial charge in [0.25, 0.3) is 0 Å². The highest BCUT2D eigenvalue weighted by Gasteiger charge is 2.29. The van der Waals surface area contributed by atoms with Crippen LogP contribution in [0.5, 0.6) is 0 Å². The van der Waals surface area contributed by atoms with Crippen molar-refractivity contribution in [1.82, 2.24) is 10.3 Å². The van der Waals surface area contributed by atoms with E-state index in [0.29, 0.717) is 37.0 Å². The van der Waals surface area contributed by atoms with Gasteiger partial charge in [0.15, 0.2) is 0 Å². The average molecular weight is 345 g/mol. The lowest BCUT2D eigenvalue weighted by Crippen LogP contribution is -2.40. The summed E-state index contributed by atoms with van der Waals surface area (Å²) in [5.74, 6) is 0.382. The van der Waals surface area contributed by atoms with E-state index in [2.05, 4.69) is 10.3 Å². The number of hydrogen-bond donors (Lipinski definition) is 1. The molecule has 5 heteroatoms. The largest absolute Gasteiger partial charge is 0.379 e. The first-order valence-corrected chi connectivity index (χ1v) is 8.59. The molecule has 4 nitrogen and oxygen atoms in total. The number of carbonyl (C=O) groups excluding carboxylic acids is 1. The fraction of sp³-hybridized carbons (Fsp3) is 0.368. The second-order valence-corrected chi connectivity index (χ2v) is 6.59. The molecule has 0 unspecified atom stereocenters. The second kappa shape index (κ2) is 8.27. The number of ether oxygens (including phenoxy) is 1. The van der Waals surface area contributed by atoms with Gasteiger partial charge < -0.3 is 10.1 Å². The molecule has 0 saturated carbocycles. The van der Waals surface area contributed by atoms with Crippen LogP contribution in [0.25, 0.3) is 0 Å². The first-order valence-electron chi connectivity index (χ1n) is 8.21. The van der Waals surface area contributed by atoms with Gasteiger partial charge in [-0.2, -0.15) is 0 Å². The normalized spacial score (nSPS) is 20.0. The Hall–Kier alpha value is -1.91. The number of aromatic nitrogens is 1. The zero-order chi connectivity index (χ0) is 16.8. The van der Waals surface area contributed by atoms with Gasteiger partial charge in [-0.05, 0) is 48.2 Å². The summed E-state index contributed by atoms with van der Waals surface area (Å²) < 4.78 is 5.57. The monoisotopic (exact) mass is 344 g/mol. The van der Waals surface area contributed by atoms with Gasteiger partial charge in [0.05, 0.1) is 19.3 Å². The highest BCUT2D eigenvalue weighted by atomic mass is 35.5. The summed E-state index contributed by atoms with van der Waals surface area (Å²) in [5.41, 5.74) is 2.34. The SMILES string of the molecule is O=C(CCc1ccc(Cl)cc1)N[C@@H]1COC[C@H]1Cc1ccncc1. The smallest absolute Gasteiger partial charge is 0.220 e. The van der Waals surface area contributed by atoms with Gasteiger partial charge in [-0.3, -0.25) is 9.78 Å². The molecule has 126 valence electrons. The zero-order valence-corrected chi connectivity index (χ0v) is 14.2. The van der Waals surface area contributed by atoms with Crippen molar-refractivity contribution in [3.05, 3.63) is 64.9 Å². The van der Waals surface area contributed by atoms with Crippen molar-refractivity contribution < 1.29 is 9.53 Å². The predicted molar refractivity (Wildman–Crippen MR) is 94.0 cm³/mol. The fourth-order valence-electron chi connectivity index (χ4n) is 2.97. The van der Waals surface area contributed by atoms with Crippen LogP contribution in [0, 0.1) is 5.92 Å². The predicted octanol–water partition coefficient (Wildman–Crippen LogP) is 3.04. The summed E-state index contributed by atoms with van der Waals surface area (Å²) in [6.45, 7) is 1.27. The number of aryl methyl sites for hydroxylation is 1. The molecule has 1 amide bonds. The van der Waals surface area contributed by atoms with Crippen LogP contribution in [0.15, 0.2) is 48.8 Å². The van der Waals surface area contributed by atoms with E-state index in [-0.39, 0.29) is 11.9 Å². The lowest BCUT2D eigenvalue weighted by atomic mass is 9.95. The van der Waals surface area contributed by atoms with Gasteiger partial charge in [-0.15, -0.1) is 0 Å². The van der Waals surface area contributed by atoms with Crippen molar-refractivity contribution in [1.29, 1.82) is 0 Å². The Morgan fingerprint density at radius 3 is 2.62 bits per heavy atom.